The number of nitrogens with zero attached hydrogens (tertiary/aromatic N) is 4. The molecule has 6 nitrogen and oxygen atoms in total. The second kappa shape index (κ2) is 5.09. The van der Waals surface area contributed by atoms with Gasteiger partial charge in [-0.2, -0.15) is 10.3 Å². The van der Waals surface area contributed by atoms with Gasteiger partial charge in [-0.15, -0.1) is 0 Å². The normalized spacial score (nSPS) is 18.8. The van der Waals surface area contributed by atoms with Crippen molar-refractivity contribution in [2.24, 2.45) is 4.99 Å². The smallest absolute Gasteiger partial charge is 0.207 e. The van der Waals surface area contributed by atoms with Crippen LogP contribution in [0.5, 0.6) is 0 Å². The summed E-state index contributed by atoms with van der Waals surface area (Å²) in [7, 11) is 0. The van der Waals surface area contributed by atoms with Crippen LogP contribution in [0.1, 0.15) is 5.76 Å². The second-order valence-electron chi connectivity index (χ2n) is 3.22. The molecule has 0 spiro atoms. The van der Waals surface area contributed by atoms with Crippen molar-refractivity contribution in [3.63, 3.8) is 0 Å². The molecule has 7 heteroatoms. The molecule has 0 atom stereocenters. The van der Waals surface area contributed by atoms with Gasteiger partial charge in [0.2, 0.25) is 6.19 Å². The highest BCUT2D eigenvalue weighted by molar-refractivity contribution is 9.10. The summed E-state index contributed by atoms with van der Waals surface area (Å²) >= 11 is 3.21. The van der Waals surface area contributed by atoms with E-state index >= 15 is 0 Å². The molecule has 0 N–H and O–H groups in total. The summed E-state index contributed by atoms with van der Waals surface area (Å²) in [6, 6.07) is 1.79. The zero-order chi connectivity index (χ0) is 11.4. The molecule has 16 heavy (non-hydrogen) atoms. The van der Waals surface area contributed by atoms with Crippen molar-refractivity contribution < 1.29 is 9.26 Å². The van der Waals surface area contributed by atoms with Gasteiger partial charge < -0.3 is 14.2 Å². The fourth-order valence-corrected chi connectivity index (χ4v) is 1.77. The van der Waals surface area contributed by atoms with E-state index in [1.807, 2.05) is 4.90 Å². The Morgan fingerprint density at radius 1 is 1.69 bits per heavy atom. The van der Waals surface area contributed by atoms with Gasteiger partial charge in [0.05, 0.1) is 13.2 Å². The monoisotopic (exact) mass is 284 g/mol. The van der Waals surface area contributed by atoms with Crippen LogP contribution in [0.4, 0.5) is 0 Å². The van der Waals surface area contributed by atoms with Crippen LogP contribution in [-0.2, 0) is 11.3 Å². The van der Waals surface area contributed by atoms with Gasteiger partial charge in [-0.25, -0.2) is 0 Å². The summed E-state index contributed by atoms with van der Waals surface area (Å²) in [5.74, 6) is 1.35. The minimum atomic E-state index is 0.364. The van der Waals surface area contributed by atoms with Gasteiger partial charge in [-0.1, -0.05) is 5.16 Å². The standard InChI is InChI=1S/C9H9BrN4O2/c10-8-3-7(16-13-8)4-14-1-2-15-5-9(14)12-6-11/h3H,1-2,4-5H2. The largest absolute Gasteiger partial charge is 0.372 e. The van der Waals surface area contributed by atoms with Gasteiger partial charge >= 0.3 is 0 Å². The first-order valence-electron chi connectivity index (χ1n) is 4.69. The predicted molar refractivity (Wildman–Crippen MR) is 58.5 cm³/mol. The Morgan fingerprint density at radius 2 is 2.56 bits per heavy atom. The van der Waals surface area contributed by atoms with E-state index in [4.69, 9.17) is 14.5 Å². The number of amidine groups is 1. The van der Waals surface area contributed by atoms with E-state index in [0.717, 1.165) is 5.76 Å². The van der Waals surface area contributed by atoms with Crippen molar-refractivity contribution in [3.8, 4) is 6.19 Å². The van der Waals surface area contributed by atoms with E-state index in [1.54, 1.807) is 12.3 Å². The van der Waals surface area contributed by atoms with E-state index in [9.17, 15) is 0 Å². The zero-order valence-electron chi connectivity index (χ0n) is 8.39. The molecule has 1 aliphatic heterocycles. The molecule has 1 fully saturated rings. The molecule has 2 rings (SSSR count). The van der Waals surface area contributed by atoms with E-state index in [2.05, 4.69) is 26.1 Å². The molecule has 0 aromatic carbocycles. The highest BCUT2D eigenvalue weighted by atomic mass is 79.9. The molecule has 0 radical (unpaired) electrons. The average molecular weight is 285 g/mol. The van der Waals surface area contributed by atoms with Crippen molar-refractivity contribution in [1.29, 1.82) is 5.26 Å². The van der Waals surface area contributed by atoms with Crippen LogP contribution in [0.25, 0.3) is 0 Å². The van der Waals surface area contributed by atoms with Crippen LogP contribution in [0.2, 0.25) is 0 Å². The molecule has 1 aromatic rings. The minimum absolute atomic E-state index is 0.364. The van der Waals surface area contributed by atoms with Crippen molar-refractivity contribution in [3.05, 3.63) is 16.4 Å². The summed E-state index contributed by atoms with van der Waals surface area (Å²) in [5.41, 5.74) is 0. The van der Waals surface area contributed by atoms with Gasteiger partial charge in [-0.3, -0.25) is 0 Å². The maximum atomic E-state index is 8.54. The number of aliphatic imine (C=N–C) groups is 1. The Labute approximate surface area is 101 Å². The van der Waals surface area contributed by atoms with E-state index in [0.29, 0.717) is 36.7 Å². The Balaban J connectivity index is 2.07. The number of nitriles is 1. The van der Waals surface area contributed by atoms with Crippen LogP contribution >= 0.6 is 15.9 Å². The number of ether oxygens (including phenoxy) is 1. The summed E-state index contributed by atoms with van der Waals surface area (Å²) in [6.07, 6.45) is 1.77. The van der Waals surface area contributed by atoms with E-state index in [1.165, 1.54) is 0 Å². The number of hydrogen-bond donors (Lipinski definition) is 0. The lowest BCUT2D eigenvalue weighted by Crippen LogP contribution is -2.41. The van der Waals surface area contributed by atoms with Gasteiger partial charge in [0, 0.05) is 12.6 Å². The maximum absolute atomic E-state index is 8.54. The number of morpholine rings is 1. The number of hydrogen-bond acceptors (Lipinski definition) is 5. The van der Waals surface area contributed by atoms with Gasteiger partial charge in [-0.05, 0) is 15.9 Å². The lowest BCUT2D eigenvalue weighted by Gasteiger charge is -2.28. The molecule has 0 aliphatic carbocycles. The summed E-state index contributed by atoms with van der Waals surface area (Å²) < 4.78 is 11.0. The van der Waals surface area contributed by atoms with Crippen molar-refractivity contribution in [2.45, 2.75) is 6.54 Å². The molecule has 0 amide bonds. The minimum Gasteiger partial charge on any atom is -0.372 e. The number of aromatic nitrogens is 1. The Morgan fingerprint density at radius 3 is 3.25 bits per heavy atom. The van der Waals surface area contributed by atoms with Crippen LogP contribution in [0.15, 0.2) is 20.2 Å². The van der Waals surface area contributed by atoms with Gasteiger partial charge in [0.25, 0.3) is 0 Å². The third kappa shape index (κ3) is 2.59. The van der Waals surface area contributed by atoms with Crippen LogP contribution in [0, 0.1) is 11.5 Å². The summed E-state index contributed by atoms with van der Waals surface area (Å²) in [5, 5.41) is 12.3. The van der Waals surface area contributed by atoms with Crippen molar-refractivity contribution in [2.75, 3.05) is 19.8 Å². The topological polar surface area (TPSA) is 74.7 Å². The third-order valence-electron chi connectivity index (χ3n) is 2.16. The molecular weight excluding hydrogens is 276 g/mol. The van der Waals surface area contributed by atoms with E-state index < -0.39 is 0 Å². The molecular formula is C9H9BrN4O2. The fraction of sp³-hybridized carbons (Fsp3) is 0.444. The molecule has 84 valence electrons. The lowest BCUT2D eigenvalue weighted by atomic mass is 10.3. The number of rotatable bonds is 2. The molecule has 1 aliphatic rings. The Kier molecular flexibility index (Phi) is 3.54. The molecule has 1 aromatic heterocycles. The van der Waals surface area contributed by atoms with E-state index in [-0.39, 0.29) is 0 Å². The molecule has 2 heterocycles. The van der Waals surface area contributed by atoms with Crippen LogP contribution in [0.3, 0.4) is 0 Å². The summed E-state index contributed by atoms with van der Waals surface area (Å²) in [6.45, 7) is 2.23. The predicted octanol–water partition coefficient (Wildman–Crippen LogP) is 1.15. The van der Waals surface area contributed by atoms with Crippen LogP contribution < -0.4 is 0 Å². The Bertz CT molecular complexity index is 437. The summed E-state index contributed by atoms with van der Waals surface area (Å²) in [4.78, 5) is 5.66. The van der Waals surface area contributed by atoms with Crippen molar-refractivity contribution in [1.82, 2.24) is 10.1 Å². The SMILES string of the molecule is N#CN=C1COCCN1Cc1cc(Br)no1. The third-order valence-corrected chi connectivity index (χ3v) is 2.53. The molecule has 1 saturated heterocycles. The highest BCUT2D eigenvalue weighted by Crippen LogP contribution is 2.13. The lowest BCUT2D eigenvalue weighted by molar-refractivity contribution is 0.110. The fourth-order valence-electron chi connectivity index (χ4n) is 1.44. The van der Waals surface area contributed by atoms with Gasteiger partial charge in [0.15, 0.2) is 5.76 Å². The average Bonchev–Trinajstić information content (AvgIpc) is 2.67. The van der Waals surface area contributed by atoms with Crippen LogP contribution in [-0.4, -0.2) is 35.7 Å². The molecule has 0 bridgehead atoms. The molecule has 0 unspecified atom stereocenters. The quantitative estimate of drug-likeness (QED) is 0.762. The maximum Gasteiger partial charge on any atom is 0.207 e. The first kappa shape index (κ1) is 11.1. The first-order valence-corrected chi connectivity index (χ1v) is 5.48. The van der Waals surface area contributed by atoms with Crippen molar-refractivity contribution >= 4 is 21.8 Å². The number of halogens is 1. The highest BCUT2D eigenvalue weighted by Gasteiger charge is 2.18. The zero-order valence-corrected chi connectivity index (χ0v) is 9.98. The first-order chi connectivity index (χ1) is 7.79. The van der Waals surface area contributed by atoms with Gasteiger partial charge in [0.1, 0.15) is 17.0 Å². The second-order valence-corrected chi connectivity index (χ2v) is 4.03. The Hall–Kier alpha value is -1.39. The molecule has 0 saturated carbocycles.